The molecular weight excluding hydrogens is 468 g/mol. The van der Waals surface area contributed by atoms with E-state index in [0.717, 1.165) is 24.3 Å². The van der Waals surface area contributed by atoms with Crippen LogP contribution in [0.1, 0.15) is 29.6 Å². The molecular formula is C22H21ClN4O3S2. The highest BCUT2D eigenvalue weighted by molar-refractivity contribution is 8.02. The van der Waals surface area contributed by atoms with Crippen molar-refractivity contribution in [2.24, 2.45) is 0 Å². The first-order valence-electron chi connectivity index (χ1n) is 10.1. The Morgan fingerprint density at radius 3 is 2.81 bits per heavy atom. The van der Waals surface area contributed by atoms with Crippen LogP contribution in [0, 0.1) is 0 Å². The van der Waals surface area contributed by atoms with Gasteiger partial charge in [0, 0.05) is 28.9 Å². The minimum atomic E-state index is -0.383. The molecule has 32 heavy (non-hydrogen) atoms. The molecule has 3 aromatic rings. The number of halogens is 1. The number of benzene rings is 2. The predicted octanol–water partition coefficient (Wildman–Crippen LogP) is 5.26. The standard InChI is InChI=1S/C22H21ClN4O3S2/c1-30-17-6-4-5-16(13-17)24-21-25-26-22(32-21)31-18-7-2-3-12-27(20(18)29)19(28)14-8-10-15(23)11-9-14/h4-6,8-11,13,18H,2-3,7,12H2,1H3,(H,24,25)/t18-/m0/s1. The van der Waals surface area contributed by atoms with Crippen molar-refractivity contribution in [3.8, 4) is 5.75 Å². The van der Waals surface area contributed by atoms with E-state index >= 15 is 0 Å². The first kappa shape index (κ1) is 22.6. The van der Waals surface area contributed by atoms with E-state index in [9.17, 15) is 9.59 Å². The van der Waals surface area contributed by atoms with Crippen LogP contribution in [-0.2, 0) is 4.79 Å². The lowest BCUT2D eigenvalue weighted by Gasteiger charge is -2.22. The van der Waals surface area contributed by atoms with Gasteiger partial charge in [-0.15, -0.1) is 10.2 Å². The van der Waals surface area contributed by atoms with Crippen molar-refractivity contribution in [1.82, 2.24) is 15.1 Å². The number of carbonyl (C=O) groups excluding carboxylic acids is 2. The number of nitrogens with zero attached hydrogens (tertiary/aromatic N) is 3. The molecule has 10 heteroatoms. The van der Waals surface area contributed by atoms with E-state index in [1.807, 2.05) is 24.3 Å². The summed E-state index contributed by atoms with van der Waals surface area (Å²) in [6, 6.07) is 14.1. The second-order valence-electron chi connectivity index (χ2n) is 7.13. The van der Waals surface area contributed by atoms with Crippen LogP contribution in [0.3, 0.4) is 0 Å². The van der Waals surface area contributed by atoms with Crippen molar-refractivity contribution in [2.75, 3.05) is 19.0 Å². The Labute approximate surface area is 199 Å². The molecule has 2 aromatic carbocycles. The molecule has 4 rings (SSSR count). The zero-order chi connectivity index (χ0) is 22.5. The maximum absolute atomic E-state index is 13.2. The van der Waals surface area contributed by atoms with Gasteiger partial charge in [-0.2, -0.15) is 0 Å². The van der Waals surface area contributed by atoms with Crippen LogP contribution < -0.4 is 10.1 Å². The van der Waals surface area contributed by atoms with Crippen molar-refractivity contribution in [3.05, 3.63) is 59.1 Å². The summed E-state index contributed by atoms with van der Waals surface area (Å²) in [5.41, 5.74) is 1.29. The van der Waals surface area contributed by atoms with Gasteiger partial charge in [0.15, 0.2) is 4.34 Å². The first-order valence-corrected chi connectivity index (χ1v) is 12.1. The van der Waals surface area contributed by atoms with E-state index in [1.165, 1.54) is 28.0 Å². The largest absolute Gasteiger partial charge is 0.497 e. The third kappa shape index (κ3) is 5.40. The molecule has 0 unspecified atom stereocenters. The van der Waals surface area contributed by atoms with Crippen LogP contribution in [0.25, 0.3) is 0 Å². The number of carbonyl (C=O) groups is 2. The number of ether oxygens (including phenoxy) is 1. The number of thioether (sulfide) groups is 1. The normalized spacial score (nSPS) is 16.5. The monoisotopic (exact) mass is 488 g/mol. The molecule has 2 heterocycles. The summed E-state index contributed by atoms with van der Waals surface area (Å²) >= 11 is 8.65. The fourth-order valence-electron chi connectivity index (χ4n) is 3.32. The van der Waals surface area contributed by atoms with Gasteiger partial charge in [-0.05, 0) is 49.2 Å². The van der Waals surface area contributed by atoms with Gasteiger partial charge in [-0.1, -0.05) is 47.2 Å². The highest BCUT2D eigenvalue weighted by Crippen LogP contribution is 2.35. The van der Waals surface area contributed by atoms with E-state index in [0.29, 0.717) is 33.0 Å². The number of imide groups is 1. The molecule has 0 spiro atoms. The van der Waals surface area contributed by atoms with E-state index in [-0.39, 0.29) is 17.1 Å². The number of hydrogen-bond acceptors (Lipinski definition) is 8. The van der Waals surface area contributed by atoms with E-state index in [1.54, 1.807) is 31.4 Å². The molecule has 1 N–H and O–H groups in total. The fraction of sp³-hybridized carbons (Fsp3) is 0.273. The van der Waals surface area contributed by atoms with Gasteiger partial charge in [-0.3, -0.25) is 14.5 Å². The Hall–Kier alpha value is -2.62. The zero-order valence-electron chi connectivity index (χ0n) is 17.3. The minimum Gasteiger partial charge on any atom is -0.497 e. The molecule has 1 fully saturated rings. The van der Waals surface area contributed by atoms with Crippen molar-refractivity contribution >= 4 is 57.3 Å². The van der Waals surface area contributed by atoms with Crippen LogP contribution >= 0.6 is 34.7 Å². The summed E-state index contributed by atoms with van der Waals surface area (Å²) in [5, 5.41) is 12.4. The lowest BCUT2D eigenvalue weighted by Crippen LogP contribution is -2.41. The molecule has 2 amide bonds. The lowest BCUT2D eigenvalue weighted by atomic mass is 10.2. The van der Waals surface area contributed by atoms with Crippen LogP contribution in [0.2, 0.25) is 5.02 Å². The van der Waals surface area contributed by atoms with Gasteiger partial charge >= 0.3 is 0 Å². The Morgan fingerprint density at radius 1 is 1.22 bits per heavy atom. The third-order valence-corrected chi connectivity index (χ3v) is 7.38. The fourth-order valence-corrected chi connectivity index (χ4v) is 5.57. The molecule has 0 aliphatic carbocycles. The smallest absolute Gasteiger partial charge is 0.260 e. The molecule has 1 aromatic heterocycles. The maximum Gasteiger partial charge on any atom is 0.260 e. The Balaban J connectivity index is 1.44. The summed E-state index contributed by atoms with van der Waals surface area (Å²) in [5.74, 6) is 0.255. The molecule has 1 aliphatic heterocycles. The van der Waals surface area contributed by atoms with Crippen molar-refractivity contribution in [2.45, 2.75) is 28.9 Å². The lowest BCUT2D eigenvalue weighted by molar-refractivity contribution is -0.127. The topological polar surface area (TPSA) is 84.4 Å². The molecule has 0 bridgehead atoms. The number of nitrogens with one attached hydrogen (secondary N) is 1. The maximum atomic E-state index is 13.2. The SMILES string of the molecule is COc1cccc(Nc2nnc(S[C@H]3CCCCN(C(=O)c4ccc(Cl)cc4)C3=O)s2)c1. The van der Waals surface area contributed by atoms with Crippen LogP contribution in [-0.4, -0.2) is 45.8 Å². The van der Waals surface area contributed by atoms with E-state index in [2.05, 4.69) is 15.5 Å². The van der Waals surface area contributed by atoms with Gasteiger partial charge in [0.2, 0.25) is 11.0 Å². The van der Waals surface area contributed by atoms with E-state index in [4.69, 9.17) is 16.3 Å². The van der Waals surface area contributed by atoms with Gasteiger partial charge < -0.3 is 10.1 Å². The van der Waals surface area contributed by atoms with Gasteiger partial charge in [0.25, 0.3) is 5.91 Å². The van der Waals surface area contributed by atoms with Gasteiger partial charge in [0.1, 0.15) is 5.75 Å². The van der Waals surface area contributed by atoms with Crippen molar-refractivity contribution in [1.29, 1.82) is 0 Å². The van der Waals surface area contributed by atoms with Gasteiger partial charge in [-0.25, -0.2) is 0 Å². The second-order valence-corrected chi connectivity index (χ2v) is 10.00. The zero-order valence-corrected chi connectivity index (χ0v) is 19.7. The average molecular weight is 489 g/mol. The Kier molecular flexibility index (Phi) is 7.29. The van der Waals surface area contributed by atoms with Crippen LogP contribution in [0.4, 0.5) is 10.8 Å². The molecule has 1 atom stereocenters. The molecule has 7 nitrogen and oxygen atoms in total. The highest BCUT2D eigenvalue weighted by Gasteiger charge is 2.33. The summed E-state index contributed by atoms with van der Waals surface area (Å²) in [6.45, 7) is 0.413. The van der Waals surface area contributed by atoms with Gasteiger partial charge in [0.05, 0.1) is 12.4 Å². The van der Waals surface area contributed by atoms with E-state index < -0.39 is 0 Å². The number of hydrogen-bond donors (Lipinski definition) is 1. The van der Waals surface area contributed by atoms with Crippen molar-refractivity contribution < 1.29 is 14.3 Å². The summed E-state index contributed by atoms with van der Waals surface area (Å²) in [4.78, 5) is 27.5. The summed E-state index contributed by atoms with van der Waals surface area (Å²) in [7, 11) is 1.61. The van der Waals surface area contributed by atoms with Crippen molar-refractivity contribution in [3.63, 3.8) is 0 Å². The molecule has 0 saturated carbocycles. The Bertz CT molecular complexity index is 1110. The summed E-state index contributed by atoms with van der Waals surface area (Å²) in [6.07, 6.45) is 2.33. The summed E-state index contributed by atoms with van der Waals surface area (Å²) < 4.78 is 5.91. The molecule has 166 valence electrons. The number of aromatic nitrogens is 2. The quantitative estimate of drug-likeness (QED) is 0.474. The third-order valence-electron chi connectivity index (χ3n) is 4.95. The minimum absolute atomic E-state index is 0.190. The second kappa shape index (κ2) is 10.3. The Morgan fingerprint density at radius 2 is 2.03 bits per heavy atom. The number of amides is 2. The molecule has 1 aliphatic rings. The molecule has 0 radical (unpaired) electrons. The number of rotatable bonds is 6. The highest BCUT2D eigenvalue weighted by atomic mass is 35.5. The molecule has 1 saturated heterocycles. The first-order chi connectivity index (χ1) is 15.5. The average Bonchev–Trinajstić information content (AvgIpc) is 3.16. The number of anilines is 2. The van der Waals surface area contributed by atoms with Crippen LogP contribution in [0.15, 0.2) is 52.9 Å². The number of methoxy groups -OCH3 is 1. The predicted molar refractivity (Wildman–Crippen MR) is 127 cm³/mol. The van der Waals surface area contributed by atoms with Crippen LogP contribution in [0.5, 0.6) is 5.75 Å². The number of likely N-dealkylation sites (tertiary alicyclic amines) is 1.